The van der Waals surface area contributed by atoms with Crippen molar-refractivity contribution >= 4 is 17.9 Å². The number of carboxylic acid groups (broad SMARTS) is 1. The molecule has 8 nitrogen and oxygen atoms in total. The Hall–Kier alpha value is -3.49. The number of carbonyl (C=O) groups excluding carboxylic acids is 3. The highest BCUT2D eigenvalue weighted by Crippen LogP contribution is 2.11. The van der Waals surface area contributed by atoms with Crippen LogP contribution in [0.4, 0.5) is 0 Å². The normalized spacial score (nSPS) is 13.8. The van der Waals surface area contributed by atoms with Gasteiger partial charge in [0.05, 0.1) is 40.3 Å². The molecule has 0 aromatic carbocycles. The van der Waals surface area contributed by atoms with Crippen molar-refractivity contribution in [2.45, 2.75) is 161 Å². The molecule has 0 saturated heterocycles. The van der Waals surface area contributed by atoms with E-state index < -0.39 is 18.1 Å². The quantitative estimate of drug-likeness (QED) is 0.0268. The minimum Gasteiger partial charge on any atom is -0.544 e. The van der Waals surface area contributed by atoms with Gasteiger partial charge >= 0.3 is 11.9 Å². The van der Waals surface area contributed by atoms with E-state index in [0.29, 0.717) is 12.8 Å². The van der Waals surface area contributed by atoms with Crippen molar-refractivity contribution in [3.8, 4) is 0 Å². The molecule has 0 aromatic heterocycles. The molecule has 0 bridgehead atoms. The Kier molecular flexibility index (Phi) is 36.0. The van der Waals surface area contributed by atoms with Crippen LogP contribution in [0.2, 0.25) is 0 Å². The molecule has 0 spiro atoms. The highest BCUT2D eigenvalue weighted by Gasteiger charge is 2.25. The van der Waals surface area contributed by atoms with Gasteiger partial charge in [0.1, 0.15) is 12.6 Å². The number of likely N-dealkylation sites (N-methyl/N-ethyl adjacent to an activating group) is 1. The van der Waals surface area contributed by atoms with E-state index >= 15 is 0 Å². The summed E-state index contributed by atoms with van der Waals surface area (Å²) in [4.78, 5) is 36.8. The van der Waals surface area contributed by atoms with Gasteiger partial charge in [-0.2, -0.15) is 0 Å². The molecule has 8 heteroatoms. The second-order valence-electron chi connectivity index (χ2n) is 15.2. The lowest BCUT2D eigenvalue weighted by molar-refractivity contribution is -0.889. The molecule has 0 saturated carbocycles. The Morgan fingerprint density at radius 2 is 1.02 bits per heavy atom. The zero-order valence-electron chi connectivity index (χ0n) is 36.0. The molecule has 0 amide bonds. The average molecular weight is 782 g/mol. The summed E-state index contributed by atoms with van der Waals surface area (Å²) in [5, 5.41) is 11.6. The van der Waals surface area contributed by atoms with Crippen molar-refractivity contribution in [2.24, 2.45) is 0 Å². The molecule has 2 atom stereocenters. The summed E-state index contributed by atoms with van der Waals surface area (Å²) in [7, 11) is 5.37. The zero-order chi connectivity index (χ0) is 41.4. The third-order valence-electron chi connectivity index (χ3n) is 9.02. The number of esters is 2. The third kappa shape index (κ3) is 36.2. The van der Waals surface area contributed by atoms with Crippen molar-refractivity contribution in [3.63, 3.8) is 0 Å². The largest absolute Gasteiger partial charge is 0.544 e. The second kappa shape index (κ2) is 38.4. The van der Waals surface area contributed by atoms with E-state index in [9.17, 15) is 19.5 Å². The number of quaternary nitrogens is 1. The van der Waals surface area contributed by atoms with Gasteiger partial charge in [-0.25, -0.2) is 0 Å². The number of carbonyl (C=O) groups is 3. The van der Waals surface area contributed by atoms with Gasteiger partial charge in [-0.05, 0) is 83.5 Å². The highest BCUT2D eigenvalue weighted by molar-refractivity contribution is 5.70. The maximum Gasteiger partial charge on any atom is 0.306 e. The lowest BCUT2D eigenvalue weighted by Gasteiger charge is -2.34. The minimum absolute atomic E-state index is 0.0101. The number of carboxylic acids is 1. The Labute approximate surface area is 342 Å². The Morgan fingerprint density at radius 3 is 1.55 bits per heavy atom. The van der Waals surface area contributed by atoms with Gasteiger partial charge in [-0.1, -0.05) is 131 Å². The minimum atomic E-state index is -1.14. The fourth-order valence-corrected chi connectivity index (χ4v) is 5.66. The number of ether oxygens (including phenoxy) is 3. The maximum atomic E-state index is 12.7. The number of hydrogen-bond acceptors (Lipinski definition) is 7. The fourth-order valence-electron chi connectivity index (χ4n) is 5.66. The van der Waals surface area contributed by atoms with Crippen LogP contribution in [0.25, 0.3) is 0 Å². The van der Waals surface area contributed by atoms with E-state index in [0.717, 1.165) is 77.0 Å². The number of unbranched alkanes of at least 4 members (excludes halogenated alkanes) is 9. The summed E-state index contributed by atoms with van der Waals surface area (Å²) in [6.45, 7) is 4.43. The number of aliphatic carboxylic acids is 1. The zero-order valence-corrected chi connectivity index (χ0v) is 36.0. The molecule has 0 aliphatic rings. The maximum absolute atomic E-state index is 12.7. The smallest absolute Gasteiger partial charge is 0.306 e. The van der Waals surface area contributed by atoms with Gasteiger partial charge in [0, 0.05) is 19.3 Å². The Morgan fingerprint density at radius 1 is 0.554 bits per heavy atom. The molecular weight excluding hydrogens is 703 g/mol. The number of hydrogen-bond donors (Lipinski definition) is 0. The van der Waals surface area contributed by atoms with Crippen molar-refractivity contribution in [1.82, 2.24) is 0 Å². The summed E-state index contributed by atoms with van der Waals surface area (Å²) in [6.07, 6.45) is 49.0. The van der Waals surface area contributed by atoms with Crippen LogP contribution in [0, 0.1) is 0 Å². The molecule has 0 radical (unpaired) electrons. The Bertz CT molecular complexity index is 1190. The second-order valence-corrected chi connectivity index (χ2v) is 15.2. The first-order chi connectivity index (χ1) is 27.1. The van der Waals surface area contributed by atoms with E-state index in [1.54, 1.807) is 21.1 Å². The first kappa shape index (κ1) is 52.5. The number of allylic oxidation sites excluding steroid dienone is 14. The SMILES string of the molecule is CC/C=C/C/C=C/C/C=C/C/C=C/C/C=C/C/C=C/CCCC(=O)OC(COCCC(C(=O)[O-])[N+](C)(C)C)COC(=O)CCCCCCC/C=C/CCCCC. The van der Waals surface area contributed by atoms with Crippen LogP contribution in [0.5, 0.6) is 0 Å². The van der Waals surface area contributed by atoms with Crippen LogP contribution in [-0.2, 0) is 28.6 Å². The molecule has 56 heavy (non-hydrogen) atoms. The van der Waals surface area contributed by atoms with Crippen molar-refractivity contribution < 1.29 is 38.2 Å². The van der Waals surface area contributed by atoms with E-state index in [-0.39, 0.29) is 49.1 Å². The monoisotopic (exact) mass is 782 g/mol. The van der Waals surface area contributed by atoms with Gasteiger partial charge in [0.2, 0.25) is 0 Å². The van der Waals surface area contributed by atoms with E-state index in [2.05, 4.69) is 98.9 Å². The van der Waals surface area contributed by atoms with Crippen LogP contribution < -0.4 is 5.11 Å². The average Bonchev–Trinajstić information content (AvgIpc) is 3.15. The van der Waals surface area contributed by atoms with Crippen LogP contribution in [0.3, 0.4) is 0 Å². The number of rotatable bonds is 37. The predicted molar refractivity (Wildman–Crippen MR) is 231 cm³/mol. The van der Waals surface area contributed by atoms with Gasteiger partial charge < -0.3 is 28.6 Å². The summed E-state index contributed by atoms with van der Waals surface area (Å²) in [5.74, 6) is -1.84. The van der Waals surface area contributed by atoms with E-state index in [1.165, 1.54) is 32.1 Å². The van der Waals surface area contributed by atoms with Crippen LogP contribution >= 0.6 is 0 Å². The van der Waals surface area contributed by atoms with Crippen molar-refractivity contribution in [1.29, 1.82) is 0 Å². The molecule has 0 aliphatic carbocycles. The summed E-state index contributed by atoms with van der Waals surface area (Å²) in [5.41, 5.74) is 0. The molecule has 2 unspecified atom stereocenters. The molecule has 0 aromatic rings. The van der Waals surface area contributed by atoms with Crippen molar-refractivity contribution in [3.05, 3.63) is 85.1 Å². The van der Waals surface area contributed by atoms with Gasteiger partial charge in [-0.15, -0.1) is 0 Å². The fraction of sp³-hybridized carbons (Fsp3) is 0.646. The molecule has 0 rings (SSSR count). The summed E-state index contributed by atoms with van der Waals surface area (Å²) < 4.78 is 17.1. The van der Waals surface area contributed by atoms with Crippen molar-refractivity contribution in [2.75, 3.05) is 41.0 Å². The van der Waals surface area contributed by atoms with Crippen LogP contribution in [0.1, 0.15) is 149 Å². The molecular formula is C48H79NO7. The molecule has 0 fully saturated rings. The molecule has 0 aliphatic heterocycles. The first-order valence-electron chi connectivity index (χ1n) is 21.6. The third-order valence-corrected chi connectivity index (χ3v) is 9.02. The van der Waals surface area contributed by atoms with Gasteiger partial charge in [0.15, 0.2) is 6.10 Å². The van der Waals surface area contributed by atoms with Gasteiger partial charge in [0.25, 0.3) is 0 Å². The molecule has 318 valence electrons. The van der Waals surface area contributed by atoms with E-state index in [1.807, 2.05) is 0 Å². The number of nitrogens with zero attached hydrogens (tertiary/aromatic N) is 1. The summed E-state index contributed by atoms with van der Waals surface area (Å²) in [6, 6.07) is -0.741. The standard InChI is InChI=1S/C48H79NO7/c1-6-8-10-12-14-16-18-20-21-22-23-24-25-26-27-29-31-33-35-37-39-47(51)56-44(42-54-41-40-45(48(52)53)49(3,4)5)43-55-46(50)38-36-34-32-30-28-19-17-15-13-11-9-7-2/h8,10,14-17,20-21,23-24,26-27,31,33,44-45H,6-7,9,11-13,18-19,22,25,28-30,32,34-43H2,1-5H3/b10-8+,16-14+,17-15+,21-20+,24-23+,27-26+,33-31+. The lowest BCUT2D eigenvalue weighted by Crippen LogP contribution is -2.55. The van der Waals surface area contributed by atoms with E-state index in [4.69, 9.17) is 14.2 Å². The summed E-state index contributed by atoms with van der Waals surface area (Å²) >= 11 is 0. The predicted octanol–water partition coefficient (Wildman–Crippen LogP) is 10.4. The Balaban J connectivity index is 4.49. The topological polar surface area (TPSA) is 102 Å². The van der Waals surface area contributed by atoms with Crippen LogP contribution in [-0.4, -0.2) is 75.5 Å². The van der Waals surface area contributed by atoms with Crippen LogP contribution in [0.15, 0.2) is 85.1 Å². The first-order valence-corrected chi connectivity index (χ1v) is 21.6. The molecule has 0 heterocycles. The molecule has 0 N–H and O–H groups in total. The van der Waals surface area contributed by atoms with Gasteiger partial charge in [-0.3, -0.25) is 9.59 Å². The lowest BCUT2D eigenvalue weighted by atomic mass is 10.1. The highest BCUT2D eigenvalue weighted by atomic mass is 16.6.